The van der Waals surface area contributed by atoms with Gasteiger partial charge in [-0.2, -0.15) is 0 Å². The molecule has 4 rings (SSSR count). The SMILES string of the molecule is CC(=O)N1CCc2c(cncc2C(=O)n2cnc3cc(N)ccc32)C1. The van der Waals surface area contributed by atoms with Gasteiger partial charge in [0.15, 0.2) is 0 Å². The standard InChI is InChI=1S/C18H17N5O2/c1-11(24)22-5-4-14-12(9-22)7-20-8-15(14)18(25)23-10-21-16-6-13(19)2-3-17(16)23/h2-3,6-8,10H,4-5,9,19H2,1H3. The smallest absolute Gasteiger partial charge is 0.265 e. The van der Waals surface area contributed by atoms with Crippen molar-refractivity contribution in [3.63, 3.8) is 0 Å². The van der Waals surface area contributed by atoms with E-state index in [1.807, 2.05) is 0 Å². The van der Waals surface area contributed by atoms with Crippen LogP contribution < -0.4 is 5.73 Å². The number of imidazole rings is 1. The Hall–Kier alpha value is -3.22. The minimum absolute atomic E-state index is 0.0283. The second-order valence-electron chi connectivity index (χ2n) is 6.18. The fourth-order valence-electron chi connectivity index (χ4n) is 3.27. The largest absolute Gasteiger partial charge is 0.399 e. The number of carbonyl (C=O) groups excluding carboxylic acids is 2. The monoisotopic (exact) mass is 335 g/mol. The number of nitrogens with two attached hydrogens (primary N) is 1. The van der Waals surface area contributed by atoms with Crippen LogP contribution in [-0.2, 0) is 17.8 Å². The Labute approximate surface area is 144 Å². The second kappa shape index (κ2) is 5.70. The van der Waals surface area contributed by atoms with Gasteiger partial charge in [0.2, 0.25) is 5.91 Å². The summed E-state index contributed by atoms with van der Waals surface area (Å²) in [5, 5.41) is 0. The van der Waals surface area contributed by atoms with E-state index in [0.29, 0.717) is 41.8 Å². The number of aromatic nitrogens is 3. The first-order chi connectivity index (χ1) is 12.0. The highest BCUT2D eigenvalue weighted by molar-refractivity contribution is 6.02. The zero-order chi connectivity index (χ0) is 17.6. The summed E-state index contributed by atoms with van der Waals surface area (Å²) in [4.78, 5) is 34.9. The lowest BCUT2D eigenvalue weighted by molar-refractivity contribution is -0.129. The Kier molecular flexibility index (Phi) is 3.49. The zero-order valence-corrected chi connectivity index (χ0v) is 13.8. The van der Waals surface area contributed by atoms with Crippen LogP contribution in [0.2, 0.25) is 0 Å². The van der Waals surface area contributed by atoms with Gasteiger partial charge in [-0.3, -0.25) is 19.1 Å². The van der Waals surface area contributed by atoms with Gasteiger partial charge < -0.3 is 10.6 Å². The summed E-state index contributed by atoms with van der Waals surface area (Å²) in [5.74, 6) is -0.145. The molecule has 0 saturated heterocycles. The fraction of sp³-hybridized carbons (Fsp3) is 0.222. The van der Waals surface area contributed by atoms with Crippen LogP contribution in [-0.4, -0.2) is 37.8 Å². The van der Waals surface area contributed by atoms with Crippen LogP contribution in [0.15, 0.2) is 36.9 Å². The third-order valence-corrected chi connectivity index (χ3v) is 4.61. The molecule has 3 heterocycles. The molecule has 1 aliphatic rings. The highest BCUT2D eigenvalue weighted by Gasteiger charge is 2.24. The van der Waals surface area contributed by atoms with E-state index in [9.17, 15) is 9.59 Å². The lowest BCUT2D eigenvalue weighted by Gasteiger charge is -2.28. The maximum absolute atomic E-state index is 13.1. The molecule has 0 radical (unpaired) electrons. The molecule has 0 fully saturated rings. The van der Waals surface area contributed by atoms with Crippen molar-refractivity contribution in [2.75, 3.05) is 12.3 Å². The first kappa shape index (κ1) is 15.3. The van der Waals surface area contributed by atoms with Gasteiger partial charge in [0, 0.05) is 38.1 Å². The molecule has 0 atom stereocenters. The zero-order valence-electron chi connectivity index (χ0n) is 13.8. The Morgan fingerprint density at radius 1 is 1.24 bits per heavy atom. The average Bonchev–Trinajstić information content (AvgIpc) is 3.03. The van der Waals surface area contributed by atoms with Crippen LogP contribution in [0, 0.1) is 0 Å². The van der Waals surface area contributed by atoms with E-state index >= 15 is 0 Å². The Balaban J connectivity index is 1.76. The van der Waals surface area contributed by atoms with Crippen molar-refractivity contribution in [3.05, 3.63) is 53.6 Å². The van der Waals surface area contributed by atoms with Crippen molar-refractivity contribution in [3.8, 4) is 0 Å². The molecule has 126 valence electrons. The van der Waals surface area contributed by atoms with Crippen LogP contribution >= 0.6 is 0 Å². The number of benzene rings is 1. The van der Waals surface area contributed by atoms with E-state index in [1.54, 1.807) is 42.4 Å². The quantitative estimate of drug-likeness (QED) is 0.682. The minimum atomic E-state index is -0.173. The van der Waals surface area contributed by atoms with Gasteiger partial charge in [-0.05, 0) is 35.7 Å². The van der Waals surface area contributed by atoms with Crippen molar-refractivity contribution in [2.24, 2.45) is 0 Å². The van der Waals surface area contributed by atoms with Crippen molar-refractivity contribution in [1.82, 2.24) is 19.4 Å². The summed E-state index contributed by atoms with van der Waals surface area (Å²) in [6, 6.07) is 5.27. The molecular weight excluding hydrogens is 318 g/mol. The molecule has 3 aromatic rings. The summed E-state index contributed by atoms with van der Waals surface area (Å²) in [6.07, 6.45) is 5.47. The predicted molar refractivity (Wildman–Crippen MR) is 92.9 cm³/mol. The van der Waals surface area contributed by atoms with Crippen LogP contribution in [0.1, 0.15) is 28.4 Å². The number of pyridine rings is 1. The lowest BCUT2D eigenvalue weighted by Crippen LogP contribution is -2.35. The average molecular weight is 335 g/mol. The maximum Gasteiger partial charge on any atom is 0.265 e. The van der Waals surface area contributed by atoms with Gasteiger partial charge in [-0.15, -0.1) is 0 Å². The van der Waals surface area contributed by atoms with Gasteiger partial charge in [-0.1, -0.05) is 0 Å². The van der Waals surface area contributed by atoms with Crippen molar-refractivity contribution >= 4 is 28.5 Å². The van der Waals surface area contributed by atoms with Crippen LogP contribution in [0.25, 0.3) is 11.0 Å². The molecule has 0 aliphatic carbocycles. The summed E-state index contributed by atoms with van der Waals surface area (Å²) in [6.45, 7) is 2.64. The number of fused-ring (bicyclic) bond motifs is 2. The van der Waals surface area contributed by atoms with E-state index in [4.69, 9.17) is 5.73 Å². The molecule has 2 aromatic heterocycles. The summed E-state index contributed by atoms with van der Waals surface area (Å²) >= 11 is 0. The molecule has 0 spiro atoms. The van der Waals surface area contributed by atoms with Gasteiger partial charge in [-0.25, -0.2) is 4.98 Å². The molecule has 0 unspecified atom stereocenters. The number of anilines is 1. The van der Waals surface area contributed by atoms with E-state index in [0.717, 1.165) is 11.1 Å². The number of amides is 1. The summed E-state index contributed by atoms with van der Waals surface area (Å²) < 4.78 is 1.52. The number of hydrogen-bond acceptors (Lipinski definition) is 5. The number of rotatable bonds is 1. The molecule has 0 saturated carbocycles. The maximum atomic E-state index is 13.1. The predicted octanol–water partition coefficient (Wildman–Crippen LogP) is 1.61. The highest BCUT2D eigenvalue weighted by atomic mass is 16.2. The molecule has 25 heavy (non-hydrogen) atoms. The molecule has 7 nitrogen and oxygen atoms in total. The topological polar surface area (TPSA) is 94.1 Å². The van der Waals surface area contributed by atoms with Gasteiger partial charge >= 0.3 is 0 Å². The molecular formula is C18H17N5O2. The lowest BCUT2D eigenvalue weighted by atomic mass is 9.96. The summed E-state index contributed by atoms with van der Waals surface area (Å²) in [7, 11) is 0. The first-order valence-corrected chi connectivity index (χ1v) is 8.03. The molecule has 7 heteroatoms. The van der Waals surface area contributed by atoms with Crippen LogP contribution in [0.4, 0.5) is 5.69 Å². The normalized spacial score (nSPS) is 13.7. The van der Waals surface area contributed by atoms with Crippen molar-refractivity contribution in [1.29, 1.82) is 0 Å². The van der Waals surface area contributed by atoms with Crippen molar-refractivity contribution in [2.45, 2.75) is 19.9 Å². The summed E-state index contributed by atoms with van der Waals surface area (Å²) in [5.41, 5.74) is 10.2. The Morgan fingerprint density at radius 3 is 2.88 bits per heavy atom. The number of nitrogens with zero attached hydrogens (tertiary/aromatic N) is 4. The van der Waals surface area contributed by atoms with E-state index in [-0.39, 0.29) is 11.8 Å². The third kappa shape index (κ3) is 2.53. The molecule has 1 aromatic carbocycles. The second-order valence-corrected chi connectivity index (χ2v) is 6.18. The van der Waals surface area contributed by atoms with Gasteiger partial charge in [0.05, 0.1) is 16.6 Å². The van der Waals surface area contributed by atoms with E-state index in [1.165, 1.54) is 10.9 Å². The minimum Gasteiger partial charge on any atom is -0.399 e. The Bertz CT molecular complexity index is 1010. The first-order valence-electron chi connectivity index (χ1n) is 8.03. The molecule has 0 bridgehead atoms. The number of hydrogen-bond donors (Lipinski definition) is 1. The molecule has 1 aliphatic heterocycles. The van der Waals surface area contributed by atoms with Crippen LogP contribution in [0.5, 0.6) is 0 Å². The number of carbonyl (C=O) groups is 2. The molecule has 2 N–H and O–H groups in total. The van der Waals surface area contributed by atoms with E-state index < -0.39 is 0 Å². The Morgan fingerprint density at radius 2 is 2.08 bits per heavy atom. The van der Waals surface area contributed by atoms with Gasteiger partial charge in [0.25, 0.3) is 5.91 Å². The van der Waals surface area contributed by atoms with Crippen LogP contribution in [0.3, 0.4) is 0 Å². The number of nitrogen functional groups attached to an aromatic ring is 1. The third-order valence-electron chi connectivity index (χ3n) is 4.61. The molecule has 1 amide bonds. The van der Waals surface area contributed by atoms with Crippen molar-refractivity contribution < 1.29 is 9.59 Å². The highest BCUT2D eigenvalue weighted by Crippen LogP contribution is 2.24. The fourth-order valence-corrected chi connectivity index (χ4v) is 3.27. The van der Waals surface area contributed by atoms with E-state index in [2.05, 4.69) is 9.97 Å². The van der Waals surface area contributed by atoms with Gasteiger partial charge in [0.1, 0.15) is 6.33 Å².